The number of nitrogens with zero attached hydrogens (tertiary/aromatic N) is 2. The number of carbonyl (C=O) groups is 1. The molecule has 0 bridgehead atoms. The van der Waals surface area contributed by atoms with Crippen LogP contribution in [0.2, 0.25) is 0 Å². The molecule has 1 aliphatic rings. The number of nitrogens with two attached hydrogens (primary N) is 1. The van der Waals surface area contributed by atoms with Gasteiger partial charge in [0.1, 0.15) is 6.17 Å². The molecule has 2 heterocycles. The highest BCUT2D eigenvalue weighted by molar-refractivity contribution is 5.72. The number of hydrogen-bond donors (Lipinski definition) is 2. The molecule has 1 saturated heterocycles. The molecule has 92 valence electrons. The minimum absolute atomic E-state index is 0.129. The molecule has 1 fully saturated rings. The van der Waals surface area contributed by atoms with Crippen molar-refractivity contribution in [2.24, 2.45) is 5.73 Å². The number of nitrogens with one attached hydrogen (secondary N) is 1. The number of likely N-dealkylation sites (tertiary alicyclic amines) is 1. The molecular formula is C12H18N4O. The predicted molar refractivity (Wildman–Crippen MR) is 65.1 cm³/mol. The van der Waals surface area contributed by atoms with Crippen molar-refractivity contribution in [2.45, 2.75) is 25.4 Å². The van der Waals surface area contributed by atoms with E-state index in [1.165, 1.54) is 19.3 Å². The standard InChI is InChI=1S/C12H18N4O/c13-12(17)15-11(10-4-6-14-7-5-10)16-8-2-1-3-9-16/h4-7,11H,1-3,8-9H2,(H3,13,15,17). The van der Waals surface area contributed by atoms with Crippen LogP contribution in [0.1, 0.15) is 31.0 Å². The number of carbonyl (C=O) groups excluding carboxylic acids is 1. The molecule has 2 amide bonds. The molecular weight excluding hydrogens is 216 g/mol. The third-order valence-electron chi connectivity index (χ3n) is 3.06. The average Bonchev–Trinajstić information content (AvgIpc) is 2.38. The van der Waals surface area contributed by atoms with E-state index in [4.69, 9.17) is 5.73 Å². The second kappa shape index (κ2) is 5.63. The highest BCUT2D eigenvalue weighted by atomic mass is 16.2. The number of aromatic nitrogens is 1. The molecule has 1 atom stereocenters. The highest BCUT2D eigenvalue weighted by Gasteiger charge is 2.22. The van der Waals surface area contributed by atoms with Crippen LogP contribution in [0.25, 0.3) is 0 Å². The molecule has 0 aromatic carbocycles. The second-order valence-electron chi connectivity index (χ2n) is 4.29. The Bertz CT molecular complexity index is 362. The van der Waals surface area contributed by atoms with Crippen molar-refractivity contribution in [2.75, 3.05) is 13.1 Å². The van der Waals surface area contributed by atoms with E-state index in [2.05, 4.69) is 15.2 Å². The van der Waals surface area contributed by atoms with Gasteiger partial charge in [-0.3, -0.25) is 9.88 Å². The predicted octanol–water partition coefficient (Wildman–Crippen LogP) is 1.23. The molecule has 17 heavy (non-hydrogen) atoms. The molecule has 3 N–H and O–H groups in total. The van der Waals surface area contributed by atoms with E-state index < -0.39 is 6.03 Å². The number of primary amides is 1. The smallest absolute Gasteiger partial charge is 0.313 e. The summed E-state index contributed by atoms with van der Waals surface area (Å²) in [6.07, 6.45) is 6.93. The van der Waals surface area contributed by atoms with Crippen molar-refractivity contribution in [3.63, 3.8) is 0 Å². The van der Waals surface area contributed by atoms with Gasteiger partial charge in [0.25, 0.3) is 0 Å². The van der Waals surface area contributed by atoms with Crippen molar-refractivity contribution in [1.29, 1.82) is 0 Å². The largest absolute Gasteiger partial charge is 0.352 e. The van der Waals surface area contributed by atoms with Gasteiger partial charge in [-0.1, -0.05) is 6.42 Å². The Hall–Kier alpha value is -1.62. The van der Waals surface area contributed by atoms with Gasteiger partial charge in [0.15, 0.2) is 0 Å². The van der Waals surface area contributed by atoms with Gasteiger partial charge in [-0.15, -0.1) is 0 Å². The van der Waals surface area contributed by atoms with Crippen LogP contribution in [0.15, 0.2) is 24.5 Å². The minimum atomic E-state index is -0.489. The third kappa shape index (κ3) is 3.17. The van der Waals surface area contributed by atoms with Crippen molar-refractivity contribution >= 4 is 6.03 Å². The maximum absolute atomic E-state index is 11.1. The van der Waals surface area contributed by atoms with Crippen molar-refractivity contribution < 1.29 is 4.79 Å². The molecule has 5 heteroatoms. The summed E-state index contributed by atoms with van der Waals surface area (Å²) in [5.74, 6) is 0. The van der Waals surface area contributed by atoms with E-state index >= 15 is 0 Å². The molecule has 0 spiro atoms. The first kappa shape index (κ1) is 11.9. The molecule has 1 aromatic heterocycles. The third-order valence-corrected chi connectivity index (χ3v) is 3.06. The SMILES string of the molecule is NC(=O)NC(c1ccncc1)N1CCCCC1. The molecule has 0 aliphatic carbocycles. The normalized spacial score (nSPS) is 18.6. The average molecular weight is 234 g/mol. The van der Waals surface area contributed by atoms with E-state index in [1.807, 2.05) is 12.1 Å². The number of urea groups is 1. The molecule has 0 saturated carbocycles. The lowest BCUT2D eigenvalue weighted by Crippen LogP contribution is -2.45. The molecule has 0 radical (unpaired) electrons. The van der Waals surface area contributed by atoms with E-state index in [0.717, 1.165) is 18.7 Å². The van der Waals surface area contributed by atoms with E-state index in [1.54, 1.807) is 12.4 Å². The number of amides is 2. The Morgan fingerprint density at radius 2 is 1.94 bits per heavy atom. The summed E-state index contributed by atoms with van der Waals surface area (Å²) in [6, 6.07) is 3.34. The molecule has 1 aromatic rings. The molecule has 5 nitrogen and oxygen atoms in total. The lowest BCUT2D eigenvalue weighted by Gasteiger charge is -2.34. The molecule has 1 unspecified atom stereocenters. The Morgan fingerprint density at radius 1 is 1.29 bits per heavy atom. The molecule has 2 rings (SSSR count). The second-order valence-corrected chi connectivity index (χ2v) is 4.29. The van der Waals surface area contributed by atoms with Crippen molar-refractivity contribution in [3.8, 4) is 0 Å². The van der Waals surface area contributed by atoms with E-state index in [9.17, 15) is 4.79 Å². The van der Waals surface area contributed by atoms with Crippen LogP contribution in [-0.2, 0) is 0 Å². The maximum Gasteiger partial charge on any atom is 0.313 e. The minimum Gasteiger partial charge on any atom is -0.352 e. The van der Waals surface area contributed by atoms with Crippen molar-refractivity contribution in [3.05, 3.63) is 30.1 Å². The van der Waals surface area contributed by atoms with Gasteiger partial charge in [-0.25, -0.2) is 4.79 Å². The quantitative estimate of drug-likeness (QED) is 0.826. The zero-order valence-corrected chi connectivity index (χ0v) is 9.80. The summed E-state index contributed by atoms with van der Waals surface area (Å²) in [7, 11) is 0. The summed E-state index contributed by atoms with van der Waals surface area (Å²) in [5.41, 5.74) is 6.27. The van der Waals surface area contributed by atoms with Crippen LogP contribution < -0.4 is 11.1 Å². The fraction of sp³-hybridized carbons (Fsp3) is 0.500. The fourth-order valence-corrected chi connectivity index (χ4v) is 2.24. The first-order valence-corrected chi connectivity index (χ1v) is 5.97. The lowest BCUT2D eigenvalue weighted by molar-refractivity contribution is 0.141. The van der Waals surface area contributed by atoms with Crippen LogP contribution in [0.3, 0.4) is 0 Å². The summed E-state index contributed by atoms with van der Waals surface area (Å²) in [5, 5.41) is 2.80. The van der Waals surface area contributed by atoms with E-state index in [0.29, 0.717) is 0 Å². The number of hydrogen-bond acceptors (Lipinski definition) is 3. The van der Waals surface area contributed by atoms with Crippen LogP contribution in [0.4, 0.5) is 4.79 Å². The zero-order valence-electron chi connectivity index (χ0n) is 9.80. The van der Waals surface area contributed by atoms with Gasteiger partial charge < -0.3 is 11.1 Å². The zero-order chi connectivity index (χ0) is 12.1. The maximum atomic E-state index is 11.1. The van der Waals surface area contributed by atoms with Crippen LogP contribution in [0.5, 0.6) is 0 Å². The summed E-state index contributed by atoms with van der Waals surface area (Å²) in [4.78, 5) is 17.3. The lowest BCUT2D eigenvalue weighted by atomic mass is 10.1. The first-order chi connectivity index (χ1) is 8.27. The Labute approximate surface area is 101 Å². The molecule has 1 aliphatic heterocycles. The highest BCUT2D eigenvalue weighted by Crippen LogP contribution is 2.21. The van der Waals surface area contributed by atoms with Gasteiger partial charge in [-0.2, -0.15) is 0 Å². The van der Waals surface area contributed by atoms with Gasteiger partial charge in [0.05, 0.1) is 0 Å². The van der Waals surface area contributed by atoms with E-state index in [-0.39, 0.29) is 6.17 Å². The van der Waals surface area contributed by atoms with Gasteiger partial charge in [0, 0.05) is 25.5 Å². The van der Waals surface area contributed by atoms with Gasteiger partial charge >= 0.3 is 6.03 Å². The van der Waals surface area contributed by atoms with Crippen LogP contribution in [-0.4, -0.2) is 29.0 Å². The first-order valence-electron chi connectivity index (χ1n) is 5.97. The monoisotopic (exact) mass is 234 g/mol. The van der Waals surface area contributed by atoms with Gasteiger partial charge in [-0.05, 0) is 30.5 Å². The summed E-state index contributed by atoms with van der Waals surface area (Å²) >= 11 is 0. The van der Waals surface area contributed by atoms with Crippen LogP contribution in [0, 0.1) is 0 Å². The van der Waals surface area contributed by atoms with Crippen molar-refractivity contribution in [1.82, 2.24) is 15.2 Å². The Balaban J connectivity index is 2.15. The summed E-state index contributed by atoms with van der Waals surface area (Å²) in [6.45, 7) is 1.99. The number of piperidine rings is 1. The number of rotatable bonds is 3. The number of pyridine rings is 1. The topological polar surface area (TPSA) is 71.2 Å². The summed E-state index contributed by atoms with van der Waals surface area (Å²) < 4.78 is 0. The Kier molecular flexibility index (Phi) is 3.93. The van der Waals surface area contributed by atoms with Crippen LogP contribution >= 0.6 is 0 Å². The fourth-order valence-electron chi connectivity index (χ4n) is 2.24. The Morgan fingerprint density at radius 3 is 2.53 bits per heavy atom. The van der Waals surface area contributed by atoms with Gasteiger partial charge in [0.2, 0.25) is 0 Å².